The van der Waals surface area contributed by atoms with Crippen LogP contribution >= 0.6 is 0 Å². The van der Waals surface area contributed by atoms with E-state index in [1.165, 1.54) is 6.42 Å². The Hall–Kier alpha value is -1.71. The molecule has 2 rings (SSSR count). The number of amides is 1. The van der Waals surface area contributed by atoms with Crippen LogP contribution < -0.4 is 15.8 Å². The number of carbonyl (C=O) groups excluding carboxylic acids is 1. The number of ether oxygens (including phenoxy) is 1. The lowest BCUT2D eigenvalue weighted by Gasteiger charge is -2.39. The monoisotopic (exact) mass is 276 g/mol. The van der Waals surface area contributed by atoms with Crippen LogP contribution in [0.15, 0.2) is 24.3 Å². The molecule has 1 fully saturated rings. The minimum absolute atomic E-state index is 0.255. The van der Waals surface area contributed by atoms with Gasteiger partial charge >= 0.3 is 0 Å². The molecule has 1 aromatic carbocycles. The number of methoxy groups -OCH3 is 1. The first-order valence-corrected chi connectivity index (χ1v) is 7.32. The summed E-state index contributed by atoms with van der Waals surface area (Å²) < 4.78 is 5.22. The van der Waals surface area contributed by atoms with E-state index in [9.17, 15) is 4.79 Å². The Kier molecular flexibility index (Phi) is 4.53. The van der Waals surface area contributed by atoms with Crippen molar-refractivity contribution in [1.82, 2.24) is 0 Å². The van der Waals surface area contributed by atoms with Gasteiger partial charge in [0, 0.05) is 11.8 Å². The first kappa shape index (κ1) is 14.7. The fourth-order valence-electron chi connectivity index (χ4n) is 2.99. The summed E-state index contributed by atoms with van der Waals surface area (Å²) in [7, 11) is 1.63. The lowest BCUT2D eigenvalue weighted by molar-refractivity contribution is -0.123. The van der Waals surface area contributed by atoms with Crippen LogP contribution in [0.25, 0.3) is 0 Å². The van der Waals surface area contributed by atoms with E-state index in [1.54, 1.807) is 7.11 Å². The van der Waals surface area contributed by atoms with Crippen molar-refractivity contribution in [1.29, 1.82) is 0 Å². The Morgan fingerprint density at radius 3 is 2.70 bits per heavy atom. The Morgan fingerprint density at radius 1 is 1.45 bits per heavy atom. The van der Waals surface area contributed by atoms with Crippen LogP contribution in [0.4, 0.5) is 5.69 Å². The van der Waals surface area contributed by atoms with Crippen LogP contribution in [0.5, 0.6) is 5.75 Å². The molecule has 4 heteroatoms. The first-order valence-electron chi connectivity index (χ1n) is 7.32. The molecule has 0 bridgehead atoms. The van der Waals surface area contributed by atoms with Crippen molar-refractivity contribution in [3.63, 3.8) is 0 Å². The van der Waals surface area contributed by atoms with Crippen LogP contribution in [0, 0.1) is 5.92 Å². The van der Waals surface area contributed by atoms with Crippen LogP contribution in [-0.2, 0) is 4.79 Å². The maximum absolute atomic E-state index is 12.0. The van der Waals surface area contributed by atoms with Gasteiger partial charge in [-0.15, -0.1) is 0 Å². The van der Waals surface area contributed by atoms with Crippen molar-refractivity contribution in [2.45, 2.75) is 44.6 Å². The van der Waals surface area contributed by atoms with E-state index >= 15 is 0 Å². The van der Waals surface area contributed by atoms with Gasteiger partial charge in [0.25, 0.3) is 0 Å². The van der Waals surface area contributed by atoms with E-state index in [0.29, 0.717) is 0 Å². The van der Waals surface area contributed by atoms with Crippen LogP contribution in [0.2, 0.25) is 0 Å². The summed E-state index contributed by atoms with van der Waals surface area (Å²) in [5.74, 6) is 1.24. The molecule has 110 valence electrons. The predicted molar refractivity (Wildman–Crippen MR) is 80.8 cm³/mol. The van der Waals surface area contributed by atoms with E-state index in [4.69, 9.17) is 10.5 Å². The third-order valence-electron chi connectivity index (χ3n) is 4.46. The Balaban J connectivity index is 2.15. The van der Waals surface area contributed by atoms with Crippen LogP contribution in [-0.4, -0.2) is 18.6 Å². The van der Waals surface area contributed by atoms with Gasteiger partial charge < -0.3 is 15.8 Å². The van der Waals surface area contributed by atoms with Crippen molar-refractivity contribution >= 4 is 11.6 Å². The van der Waals surface area contributed by atoms with E-state index in [1.807, 2.05) is 24.3 Å². The number of nitrogens with one attached hydrogen (secondary N) is 1. The molecule has 3 N–H and O–H groups in total. The van der Waals surface area contributed by atoms with Gasteiger partial charge in [0.15, 0.2) is 0 Å². The van der Waals surface area contributed by atoms with Gasteiger partial charge in [0.05, 0.1) is 7.11 Å². The van der Waals surface area contributed by atoms with E-state index in [-0.39, 0.29) is 5.91 Å². The molecule has 1 aromatic rings. The summed E-state index contributed by atoms with van der Waals surface area (Å²) in [6.07, 6.45) is 4.89. The average Bonchev–Trinajstić information content (AvgIpc) is 2.48. The molecule has 0 heterocycles. The van der Waals surface area contributed by atoms with E-state index in [2.05, 4.69) is 12.2 Å². The Morgan fingerprint density at radius 2 is 2.15 bits per heavy atom. The number of hydrogen-bond acceptors (Lipinski definition) is 3. The number of primary amides is 1. The highest BCUT2D eigenvalue weighted by Gasteiger charge is 2.40. The topological polar surface area (TPSA) is 64.3 Å². The summed E-state index contributed by atoms with van der Waals surface area (Å²) in [6.45, 7) is 2.21. The van der Waals surface area contributed by atoms with Crippen molar-refractivity contribution in [2.75, 3.05) is 12.4 Å². The minimum Gasteiger partial charge on any atom is -0.497 e. The van der Waals surface area contributed by atoms with Gasteiger partial charge in [-0.3, -0.25) is 4.79 Å². The third-order valence-corrected chi connectivity index (χ3v) is 4.46. The molecule has 0 aliphatic heterocycles. The number of rotatable bonds is 5. The lowest BCUT2D eigenvalue weighted by atomic mass is 9.75. The highest BCUT2D eigenvalue weighted by Crippen LogP contribution is 2.36. The summed E-state index contributed by atoms with van der Waals surface area (Å²) in [6, 6.07) is 7.64. The summed E-state index contributed by atoms with van der Waals surface area (Å²) >= 11 is 0. The molecule has 4 nitrogen and oxygen atoms in total. The Labute approximate surface area is 120 Å². The molecule has 0 aromatic heterocycles. The van der Waals surface area contributed by atoms with Crippen LogP contribution in [0.3, 0.4) is 0 Å². The summed E-state index contributed by atoms with van der Waals surface area (Å²) in [5, 5.41) is 3.36. The number of hydrogen-bond donors (Lipinski definition) is 2. The highest BCUT2D eigenvalue weighted by molar-refractivity contribution is 5.88. The zero-order chi connectivity index (χ0) is 14.6. The molecule has 1 amide bonds. The smallest absolute Gasteiger partial charge is 0.243 e. The molecule has 0 saturated heterocycles. The second-order valence-electron chi connectivity index (χ2n) is 5.65. The fourth-order valence-corrected chi connectivity index (χ4v) is 2.99. The van der Waals surface area contributed by atoms with Gasteiger partial charge in [-0.05, 0) is 43.7 Å². The van der Waals surface area contributed by atoms with Crippen molar-refractivity contribution in [3.05, 3.63) is 24.3 Å². The van der Waals surface area contributed by atoms with Gasteiger partial charge in [-0.25, -0.2) is 0 Å². The van der Waals surface area contributed by atoms with E-state index < -0.39 is 5.54 Å². The number of nitrogens with two attached hydrogens (primary N) is 1. The van der Waals surface area contributed by atoms with Crippen LogP contribution in [0.1, 0.15) is 39.0 Å². The third kappa shape index (κ3) is 3.06. The summed E-state index contributed by atoms with van der Waals surface area (Å²) in [4.78, 5) is 12.0. The number of carbonyl (C=O) groups is 1. The number of anilines is 1. The van der Waals surface area contributed by atoms with E-state index in [0.717, 1.165) is 43.0 Å². The molecule has 1 aliphatic carbocycles. The standard InChI is InChI=1S/C16H24N2O2/c1-3-12-7-9-16(10-8-12,15(17)19)18-13-5-4-6-14(11-13)20-2/h4-6,11-12,18H,3,7-10H2,1-2H3,(H2,17,19). The molecular formula is C16H24N2O2. The van der Waals surface area contributed by atoms with Crippen molar-refractivity contribution in [2.24, 2.45) is 11.7 Å². The normalized spacial score (nSPS) is 26.0. The molecule has 0 radical (unpaired) electrons. The zero-order valence-corrected chi connectivity index (χ0v) is 12.3. The molecule has 1 aliphatic rings. The molecule has 0 atom stereocenters. The zero-order valence-electron chi connectivity index (χ0n) is 12.3. The molecular weight excluding hydrogens is 252 g/mol. The quantitative estimate of drug-likeness (QED) is 0.869. The highest BCUT2D eigenvalue weighted by atomic mass is 16.5. The van der Waals surface area contributed by atoms with Gasteiger partial charge in [-0.2, -0.15) is 0 Å². The maximum Gasteiger partial charge on any atom is 0.243 e. The average molecular weight is 276 g/mol. The lowest BCUT2D eigenvalue weighted by Crippen LogP contribution is -2.52. The second kappa shape index (κ2) is 6.16. The maximum atomic E-state index is 12.0. The largest absolute Gasteiger partial charge is 0.497 e. The molecule has 1 saturated carbocycles. The van der Waals surface area contributed by atoms with Gasteiger partial charge in [-0.1, -0.05) is 19.4 Å². The second-order valence-corrected chi connectivity index (χ2v) is 5.65. The predicted octanol–water partition coefficient (Wildman–Crippen LogP) is 2.93. The van der Waals surface area contributed by atoms with Crippen molar-refractivity contribution in [3.8, 4) is 5.75 Å². The SMILES string of the molecule is CCC1CCC(Nc2cccc(OC)c2)(C(N)=O)CC1. The molecule has 20 heavy (non-hydrogen) atoms. The van der Waals surface area contributed by atoms with Gasteiger partial charge in [0.2, 0.25) is 5.91 Å². The first-order chi connectivity index (χ1) is 9.59. The molecule has 0 spiro atoms. The molecule has 0 unspecified atom stereocenters. The van der Waals surface area contributed by atoms with Crippen molar-refractivity contribution < 1.29 is 9.53 Å². The summed E-state index contributed by atoms with van der Waals surface area (Å²) in [5.41, 5.74) is 5.95. The fraction of sp³-hybridized carbons (Fsp3) is 0.562. The number of benzene rings is 1. The van der Waals surface area contributed by atoms with Gasteiger partial charge in [0.1, 0.15) is 11.3 Å². The minimum atomic E-state index is -0.613. The Bertz CT molecular complexity index is 465.